The summed E-state index contributed by atoms with van der Waals surface area (Å²) in [5.41, 5.74) is 8.81. The first-order valence-electron chi connectivity index (χ1n) is 10.1. The Hall–Kier alpha value is -3.69. The second-order valence-electron chi connectivity index (χ2n) is 7.31. The van der Waals surface area contributed by atoms with Crippen LogP contribution in [0.4, 0.5) is 11.6 Å². The molecule has 1 aromatic carbocycles. The first kappa shape index (κ1) is 20.2. The van der Waals surface area contributed by atoms with Crippen molar-refractivity contribution in [1.29, 1.82) is 0 Å². The fourth-order valence-corrected chi connectivity index (χ4v) is 4.72. The summed E-state index contributed by atoms with van der Waals surface area (Å²) in [5.74, 6) is 1.57. The molecule has 0 saturated carbocycles. The van der Waals surface area contributed by atoms with Crippen molar-refractivity contribution in [3.63, 3.8) is 0 Å². The number of benzene rings is 1. The molecule has 1 fully saturated rings. The van der Waals surface area contributed by atoms with Crippen molar-refractivity contribution >= 4 is 45.8 Å². The van der Waals surface area contributed by atoms with E-state index in [0.29, 0.717) is 30.4 Å². The van der Waals surface area contributed by atoms with E-state index >= 15 is 0 Å². The fraction of sp³-hybridized carbons (Fsp3) is 0.174. The fourth-order valence-electron chi connectivity index (χ4n) is 3.61. The molecule has 0 aliphatic carbocycles. The molecule has 1 saturated heterocycles. The number of carbonyl (C=O) groups is 1. The standard InChI is InChI=1S/C23H20N6O2S/c1-25-23(30)15-4-2-3-14(11-15)18-12-17-20(32-18)22(29-7-9-31-10-8-29)28-21(27-17)16-5-6-19(24)26-13-16/h2-6,11-13H,1,7-10H2,(H2,24,26). The molecule has 0 atom stereocenters. The van der Waals surface area contributed by atoms with E-state index in [0.717, 1.165) is 45.1 Å². The average molecular weight is 445 g/mol. The van der Waals surface area contributed by atoms with Gasteiger partial charge in [0.15, 0.2) is 11.6 Å². The molecule has 8 nitrogen and oxygen atoms in total. The topological polar surface area (TPSA) is 107 Å². The number of rotatable bonds is 4. The lowest BCUT2D eigenvalue weighted by molar-refractivity contribution is 0.100. The number of amides is 1. The highest BCUT2D eigenvalue weighted by atomic mass is 32.1. The molecule has 4 heterocycles. The van der Waals surface area contributed by atoms with Gasteiger partial charge in [-0.2, -0.15) is 0 Å². The minimum atomic E-state index is -0.347. The van der Waals surface area contributed by atoms with E-state index in [9.17, 15) is 4.79 Å². The van der Waals surface area contributed by atoms with Crippen LogP contribution in [-0.2, 0) is 4.74 Å². The van der Waals surface area contributed by atoms with Crippen LogP contribution in [0, 0.1) is 0 Å². The molecule has 0 radical (unpaired) electrons. The number of anilines is 2. The number of fused-ring (bicyclic) bond motifs is 1. The van der Waals surface area contributed by atoms with Crippen molar-refractivity contribution in [1.82, 2.24) is 15.0 Å². The zero-order valence-corrected chi connectivity index (χ0v) is 18.0. The van der Waals surface area contributed by atoms with E-state index in [1.165, 1.54) is 0 Å². The number of thiophene rings is 1. The van der Waals surface area contributed by atoms with Crippen molar-refractivity contribution in [2.45, 2.75) is 0 Å². The van der Waals surface area contributed by atoms with Gasteiger partial charge >= 0.3 is 0 Å². The van der Waals surface area contributed by atoms with E-state index in [-0.39, 0.29) is 5.91 Å². The highest BCUT2D eigenvalue weighted by molar-refractivity contribution is 7.22. The van der Waals surface area contributed by atoms with E-state index in [4.69, 9.17) is 20.4 Å². The van der Waals surface area contributed by atoms with Gasteiger partial charge in [0.25, 0.3) is 5.91 Å². The van der Waals surface area contributed by atoms with Gasteiger partial charge in [0.1, 0.15) is 5.82 Å². The summed E-state index contributed by atoms with van der Waals surface area (Å²) in [6.45, 7) is 6.16. The summed E-state index contributed by atoms with van der Waals surface area (Å²) in [5, 5.41) is 0. The van der Waals surface area contributed by atoms with Crippen LogP contribution in [0.15, 0.2) is 53.7 Å². The minimum absolute atomic E-state index is 0.347. The minimum Gasteiger partial charge on any atom is -0.384 e. The third-order valence-corrected chi connectivity index (χ3v) is 6.42. The van der Waals surface area contributed by atoms with Crippen LogP contribution in [-0.4, -0.2) is 53.9 Å². The Labute approximate surface area is 188 Å². The number of nitrogens with two attached hydrogens (primary N) is 1. The number of aliphatic imine (C=N–C) groups is 1. The van der Waals surface area contributed by atoms with Gasteiger partial charge in [-0.05, 0) is 42.6 Å². The number of aromatic nitrogens is 3. The lowest BCUT2D eigenvalue weighted by atomic mass is 10.1. The van der Waals surface area contributed by atoms with Gasteiger partial charge in [0, 0.05) is 35.3 Å². The summed E-state index contributed by atoms with van der Waals surface area (Å²) in [4.78, 5) is 32.6. The predicted molar refractivity (Wildman–Crippen MR) is 127 cm³/mol. The van der Waals surface area contributed by atoms with Gasteiger partial charge in [-0.15, -0.1) is 11.3 Å². The SMILES string of the molecule is C=NC(=O)c1cccc(-c2cc3nc(-c4ccc(N)nc4)nc(N4CCOCC4)c3s2)c1. The Morgan fingerprint density at radius 3 is 2.72 bits per heavy atom. The summed E-state index contributed by atoms with van der Waals surface area (Å²) in [7, 11) is 0. The molecule has 160 valence electrons. The molecule has 0 bridgehead atoms. The third-order valence-electron chi connectivity index (χ3n) is 5.25. The van der Waals surface area contributed by atoms with Crippen molar-refractivity contribution < 1.29 is 9.53 Å². The summed E-state index contributed by atoms with van der Waals surface area (Å²) in [6, 6.07) is 13.0. The normalized spacial score (nSPS) is 13.9. The van der Waals surface area contributed by atoms with Gasteiger partial charge in [0.2, 0.25) is 0 Å². The third kappa shape index (κ3) is 3.83. The van der Waals surface area contributed by atoms with Crippen molar-refractivity contribution in [3.05, 3.63) is 54.2 Å². The molecule has 32 heavy (non-hydrogen) atoms. The lowest BCUT2D eigenvalue weighted by Gasteiger charge is -2.28. The lowest BCUT2D eigenvalue weighted by Crippen LogP contribution is -2.36. The van der Waals surface area contributed by atoms with Gasteiger partial charge in [-0.1, -0.05) is 12.1 Å². The van der Waals surface area contributed by atoms with Crippen molar-refractivity contribution in [2.75, 3.05) is 36.9 Å². The van der Waals surface area contributed by atoms with Crippen LogP contribution in [0.1, 0.15) is 10.4 Å². The molecule has 0 unspecified atom stereocenters. The molecule has 0 spiro atoms. The number of nitrogens with zero attached hydrogens (tertiary/aromatic N) is 5. The van der Waals surface area contributed by atoms with E-state index in [1.54, 1.807) is 29.7 Å². The maximum atomic E-state index is 12.0. The summed E-state index contributed by atoms with van der Waals surface area (Å²) < 4.78 is 6.52. The number of hydrogen-bond donors (Lipinski definition) is 1. The first-order valence-corrected chi connectivity index (χ1v) is 10.9. The molecule has 9 heteroatoms. The summed E-state index contributed by atoms with van der Waals surface area (Å²) >= 11 is 1.60. The highest BCUT2D eigenvalue weighted by Crippen LogP contribution is 2.39. The number of pyridine rings is 1. The number of morpholine rings is 1. The van der Waals surface area contributed by atoms with Gasteiger partial charge < -0.3 is 15.4 Å². The molecule has 1 aliphatic rings. The Balaban J connectivity index is 1.65. The Kier molecular flexibility index (Phi) is 5.34. The van der Waals surface area contributed by atoms with Crippen LogP contribution in [0.3, 0.4) is 0 Å². The van der Waals surface area contributed by atoms with Crippen molar-refractivity contribution in [2.24, 2.45) is 4.99 Å². The Bertz CT molecular complexity index is 1310. The number of hydrogen-bond acceptors (Lipinski definition) is 8. The van der Waals surface area contributed by atoms with Crippen LogP contribution >= 0.6 is 11.3 Å². The maximum Gasteiger partial charge on any atom is 0.276 e. The van der Waals surface area contributed by atoms with Gasteiger partial charge in [0.05, 0.1) is 23.4 Å². The zero-order chi connectivity index (χ0) is 22.1. The molecule has 3 aromatic heterocycles. The average Bonchev–Trinajstić information content (AvgIpc) is 3.28. The largest absolute Gasteiger partial charge is 0.384 e. The second kappa shape index (κ2) is 8.45. The van der Waals surface area contributed by atoms with E-state index in [2.05, 4.69) is 21.6 Å². The van der Waals surface area contributed by atoms with Crippen molar-refractivity contribution in [3.8, 4) is 21.8 Å². The van der Waals surface area contributed by atoms with E-state index < -0.39 is 0 Å². The highest BCUT2D eigenvalue weighted by Gasteiger charge is 2.21. The maximum absolute atomic E-state index is 12.0. The zero-order valence-electron chi connectivity index (χ0n) is 17.2. The number of ether oxygens (including phenoxy) is 1. The first-order chi connectivity index (χ1) is 15.6. The van der Waals surface area contributed by atoms with E-state index in [1.807, 2.05) is 30.3 Å². The van der Waals surface area contributed by atoms with Crippen LogP contribution < -0.4 is 10.6 Å². The molecule has 2 N–H and O–H groups in total. The summed E-state index contributed by atoms with van der Waals surface area (Å²) in [6.07, 6.45) is 1.68. The Morgan fingerprint density at radius 1 is 1.12 bits per heavy atom. The molecule has 4 aromatic rings. The van der Waals surface area contributed by atoms with Crippen LogP contribution in [0.5, 0.6) is 0 Å². The van der Waals surface area contributed by atoms with Crippen LogP contribution in [0.2, 0.25) is 0 Å². The smallest absolute Gasteiger partial charge is 0.276 e. The molecular formula is C23H20N6O2S. The molecular weight excluding hydrogens is 424 g/mol. The number of nitrogen functional groups attached to an aromatic ring is 1. The molecule has 1 amide bonds. The monoisotopic (exact) mass is 444 g/mol. The van der Waals surface area contributed by atoms with Gasteiger partial charge in [-0.25, -0.2) is 19.9 Å². The van der Waals surface area contributed by atoms with Gasteiger partial charge in [-0.3, -0.25) is 4.79 Å². The van der Waals surface area contributed by atoms with Crippen LogP contribution in [0.25, 0.3) is 32.0 Å². The second-order valence-corrected chi connectivity index (χ2v) is 8.36. The molecule has 1 aliphatic heterocycles. The Morgan fingerprint density at radius 2 is 1.97 bits per heavy atom. The molecule has 5 rings (SSSR count). The quantitative estimate of drug-likeness (QED) is 0.479. The number of carbonyl (C=O) groups excluding carboxylic acids is 1. The predicted octanol–water partition coefficient (Wildman–Crippen LogP) is 3.68.